The highest BCUT2D eigenvalue weighted by Gasteiger charge is 2.35. The van der Waals surface area contributed by atoms with E-state index in [0.29, 0.717) is 0 Å². The number of unbranched alkanes of at least 4 members (excludes halogenated alkanes) is 1. The highest BCUT2D eigenvalue weighted by atomic mass is 16.7. The third kappa shape index (κ3) is 8.94. The second kappa shape index (κ2) is 15.8. The lowest BCUT2D eigenvalue weighted by Crippen LogP contribution is -2.44. The minimum Gasteiger partial charge on any atom is -0.493 e. The van der Waals surface area contributed by atoms with Crippen LogP contribution < -0.4 is 14.8 Å². The number of carbonyl (C=O) groups excluding carboxylic acids is 3. The van der Waals surface area contributed by atoms with Gasteiger partial charge in [0.25, 0.3) is 5.91 Å². The smallest absolute Gasteiger partial charge is 0.329 e. The van der Waals surface area contributed by atoms with Crippen molar-refractivity contribution in [2.24, 2.45) is 5.92 Å². The predicted molar refractivity (Wildman–Crippen MR) is 147 cm³/mol. The molecule has 4 atom stereocenters. The number of amides is 1. The Morgan fingerprint density at radius 3 is 2.62 bits per heavy atom. The van der Waals surface area contributed by atoms with Crippen LogP contribution in [0.1, 0.15) is 68.9 Å². The monoisotopic (exact) mass is 556 g/mol. The Bertz CT molecular complexity index is 1110. The number of ether oxygens (including phenoxy) is 5. The van der Waals surface area contributed by atoms with Gasteiger partial charge in [-0.15, -0.1) is 0 Å². The molecular weight excluding hydrogens is 516 g/mol. The Hall–Kier alpha value is -3.66. The molecule has 0 spiro atoms. The van der Waals surface area contributed by atoms with E-state index >= 15 is 0 Å². The van der Waals surface area contributed by atoms with Crippen molar-refractivity contribution in [3.63, 3.8) is 0 Å². The van der Waals surface area contributed by atoms with Gasteiger partial charge in [0.15, 0.2) is 17.2 Å². The van der Waals surface area contributed by atoms with Gasteiger partial charge in [0.2, 0.25) is 6.79 Å². The first-order chi connectivity index (χ1) is 19.3. The predicted octanol–water partition coefficient (Wildman–Crippen LogP) is 4.25. The fourth-order valence-corrected chi connectivity index (χ4v) is 4.77. The number of nitrogens with one attached hydrogen (secondary N) is 1. The van der Waals surface area contributed by atoms with Crippen molar-refractivity contribution in [3.8, 4) is 11.5 Å². The zero-order valence-electron chi connectivity index (χ0n) is 23.7. The van der Waals surface area contributed by atoms with Gasteiger partial charge in [0, 0.05) is 38.1 Å². The second-order valence-corrected chi connectivity index (χ2v) is 9.79. The molecule has 0 unspecified atom stereocenters. The van der Waals surface area contributed by atoms with E-state index in [4.69, 9.17) is 23.7 Å². The normalized spacial score (nSPS) is 21.2. The Balaban J connectivity index is 1.74. The van der Waals surface area contributed by atoms with Gasteiger partial charge >= 0.3 is 11.9 Å². The average molecular weight is 557 g/mol. The summed E-state index contributed by atoms with van der Waals surface area (Å²) in [7, 11) is 1.41. The van der Waals surface area contributed by atoms with Crippen LogP contribution in [-0.4, -0.2) is 61.6 Å². The third-order valence-electron chi connectivity index (χ3n) is 6.93. The Morgan fingerprint density at radius 2 is 1.93 bits per heavy atom. The van der Waals surface area contributed by atoms with Crippen LogP contribution in [0.25, 0.3) is 0 Å². The van der Waals surface area contributed by atoms with Gasteiger partial charge in [-0.2, -0.15) is 0 Å². The number of aromatic nitrogens is 1. The lowest BCUT2D eigenvalue weighted by Gasteiger charge is -2.31. The van der Waals surface area contributed by atoms with E-state index in [-0.39, 0.29) is 42.2 Å². The van der Waals surface area contributed by atoms with Crippen LogP contribution in [-0.2, 0) is 30.2 Å². The van der Waals surface area contributed by atoms with E-state index in [2.05, 4.69) is 29.4 Å². The molecule has 0 radical (unpaired) electrons. The molecule has 218 valence electrons. The lowest BCUT2D eigenvalue weighted by molar-refractivity contribution is -0.154. The first kappa shape index (κ1) is 30.9. The molecule has 2 aromatic rings. The quantitative estimate of drug-likeness (QED) is 0.302. The molecule has 3 rings (SSSR count). The molecule has 2 heterocycles. The van der Waals surface area contributed by atoms with Crippen molar-refractivity contribution in [2.75, 3.05) is 20.5 Å². The van der Waals surface area contributed by atoms with Crippen LogP contribution in [0.4, 0.5) is 0 Å². The lowest BCUT2D eigenvalue weighted by atomic mass is 9.87. The molecule has 0 saturated carbocycles. The zero-order chi connectivity index (χ0) is 28.9. The van der Waals surface area contributed by atoms with Gasteiger partial charge in [0.1, 0.15) is 12.1 Å². The molecule has 0 bridgehead atoms. The Morgan fingerprint density at radius 1 is 1.15 bits per heavy atom. The summed E-state index contributed by atoms with van der Waals surface area (Å²) in [5.41, 5.74) is 1.11. The maximum atomic E-state index is 13.3. The summed E-state index contributed by atoms with van der Waals surface area (Å²) in [6.45, 7) is 5.11. The summed E-state index contributed by atoms with van der Waals surface area (Å²) in [6, 6.07) is 10.8. The van der Waals surface area contributed by atoms with E-state index in [0.717, 1.165) is 32.1 Å². The molecule has 0 aliphatic carbocycles. The Kier molecular flexibility index (Phi) is 12.2. The molecule has 1 amide bonds. The number of aryl methyl sites for hydroxylation is 1. The minimum atomic E-state index is -0.955. The Labute approximate surface area is 235 Å². The maximum absolute atomic E-state index is 13.3. The van der Waals surface area contributed by atoms with Crippen molar-refractivity contribution in [2.45, 2.75) is 77.5 Å². The van der Waals surface area contributed by atoms with Crippen molar-refractivity contribution in [3.05, 3.63) is 53.9 Å². The maximum Gasteiger partial charge on any atom is 0.329 e. The standard InChI is InChI=1S/C30H40N2O8/c1-5-6-12-23-20(2)40-30(35)24(16-18-37-25(23)14-13-22-10-8-7-9-11-22)32-29(34)27-28(39-19-38-21(3)33)26(36-4)15-17-31-27/h7-11,15,17,20,23-25H,5-6,12-14,16,18-19H2,1-4H3,(H,32,34)/t20-,23-,24-,25+/m0/s1. The van der Waals surface area contributed by atoms with Crippen LogP contribution in [0, 0.1) is 5.92 Å². The number of hydrogen-bond acceptors (Lipinski definition) is 9. The molecule has 1 fully saturated rings. The minimum absolute atomic E-state index is 0.00888. The molecule has 40 heavy (non-hydrogen) atoms. The van der Waals surface area contributed by atoms with Crippen LogP contribution >= 0.6 is 0 Å². The first-order valence-corrected chi connectivity index (χ1v) is 13.8. The van der Waals surface area contributed by atoms with E-state index in [1.165, 1.54) is 31.9 Å². The number of esters is 2. The molecule has 10 heteroatoms. The summed E-state index contributed by atoms with van der Waals surface area (Å²) < 4.78 is 27.9. The van der Waals surface area contributed by atoms with Crippen molar-refractivity contribution >= 4 is 17.8 Å². The van der Waals surface area contributed by atoms with Crippen LogP contribution in [0.5, 0.6) is 11.5 Å². The largest absolute Gasteiger partial charge is 0.493 e. The van der Waals surface area contributed by atoms with Crippen molar-refractivity contribution in [1.29, 1.82) is 0 Å². The summed E-state index contributed by atoms with van der Waals surface area (Å²) in [5, 5.41) is 2.72. The third-order valence-corrected chi connectivity index (χ3v) is 6.93. The number of nitrogens with zero attached hydrogens (tertiary/aromatic N) is 1. The molecule has 1 aromatic carbocycles. The van der Waals surface area contributed by atoms with E-state index in [9.17, 15) is 14.4 Å². The number of benzene rings is 1. The highest BCUT2D eigenvalue weighted by molar-refractivity contribution is 5.98. The summed E-state index contributed by atoms with van der Waals surface area (Å²) in [6.07, 6.45) is 5.67. The number of cyclic esters (lactones) is 1. The average Bonchev–Trinajstić information content (AvgIpc) is 2.99. The highest BCUT2D eigenvalue weighted by Crippen LogP contribution is 2.30. The summed E-state index contributed by atoms with van der Waals surface area (Å²) in [5.74, 6) is -1.49. The molecule has 1 aliphatic heterocycles. The first-order valence-electron chi connectivity index (χ1n) is 13.8. The molecular formula is C30H40N2O8. The fraction of sp³-hybridized carbons (Fsp3) is 0.533. The molecule has 10 nitrogen and oxygen atoms in total. The number of rotatable bonds is 12. The number of carbonyl (C=O) groups is 3. The van der Waals surface area contributed by atoms with Gasteiger partial charge in [0.05, 0.1) is 13.2 Å². The van der Waals surface area contributed by atoms with Crippen molar-refractivity contribution < 1.29 is 38.1 Å². The van der Waals surface area contributed by atoms with E-state index in [1.54, 1.807) is 0 Å². The van der Waals surface area contributed by atoms with Gasteiger partial charge in [-0.1, -0.05) is 50.1 Å². The summed E-state index contributed by atoms with van der Waals surface area (Å²) in [4.78, 5) is 41.8. The van der Waals surface area contributed by atoms with E-state index < -0.39 is 36.8 Å². The van der Waals surface area contributed by atoms with Gasteiger partial charge < -0.3 is 29.0 Å². The fourth-order valence-electron chi connectivity index (χ4n) is 4.77. The molecule has 1 saturated heterocycles. The molecule has 1 N–H and O–H groups in total. The number of hydrogen-bond donors (Lipinski definition) is 1. The van der Waals surface area contributed by atoms with E-state index in [1.807, 2.05) is 25.1 Å². The second-order valence-electron chi connectivity index (χ2n) is 9.79. The van der Waals surface area contributed by atoms with Crippen molar-refractivity contribution in [1.82, 2.24) is 10.3 Å². The van der Waals surface area contributed by atoms with Crippen LogP contribution in [0.2, 0.25) is 0 Å². The SMILES string of the molecule is CCCC[C@H]1[C@H](C)OC(=O)[C@@H](NC(=O)c2nccc(OC)c2OCOC(C)=O)CCO[C@@H]1CCc1ccccc1. The van der Waals surface area contributed by atoms with Gasteiger partial charge in [-0.3, -0.25) is 9.59 Å². The van der Waals surface area contributed by atoms with Crippen LogP contribution in [0.3, 0.4) is 0 Å². The molecule has 1 aromatic heterocycles. The summed E-state index contributed by atoms with van der Waals surface area (Å²) >= 11 is 0. The molecule has 1 aliphatic rings. The number of methoxy groups -OCH3 is 1. The number of pyridine rings is 1. The topological polar surface area (TPSA) is 122 Å². The van der Waals surface area contributed by atoms with Crippen LogP contribution in [0.15, 0.2) is 42.6 Å². The van der Waals surface area contributed by atoms with Gasteiger partial charge in [-0.05, 0) is 31.7 Å². The van der Waals surface area contributed by atoms with Gasteiger partial charge in [-0.25, -0.2) is 9.78 Å². The zero-order valence-corrected chi connectivity index (χ0v) is 23.7.